The van der Waals surface area contributed by atoms with E-state index in [0.29, 0.717) is 0 Å². The molecule has 0 bridgehead atoms. The van der Waals surface area contributed by atoms with Crippen LogP contribution in [0.5, 0.6) is 0 Å². The van der Waals surface area contributed by atoms with E-state index in [1.807, 2.05) is 42.5 Å². The molecule has 0 spiro atoms. The van der Waals surface area contributed by atoms with Crippen LogP contribution >= 0.6 is 0 Å². The van der Waals surface area contributed by atoms with Gasteiger partial charge in [0.15, 0.2) is 5.65 Å². The first kappa shape index (κ1) is 16.6. The molecule has 0 unspecified atom stereocenters. The van der Waals surface area contributed by atoms with Crippen molar-refractivity contribution in [3.05, 3.63) is 79.4 Å². The van der Waals surface area contributed by atoms with Gasteiger partial charge >= 0.3 is 0 Å². The predicted molar refractivity (Wildman–Crippen MR) is 115 cm³/mol. The lowest BCUT2D eigenvalue weighted by Crippen LogP contribution is -1.86. The van der Waals surface area contributed by atoms with Gasteiger partial charge in [-0.25, -0.2) is 4.98 Å². The summed E-state index contributed by atoms with van der Waals surface area (Å²) in [6, 6.07) is 17.7. The van der Waals surface area contributed by atoms with Gasteiger partial charge in [0.25, 0.3) is 0 Å². The molecule has 142 valence electrons. The Kier molecular flexibility index (Phi) is 3.64. The fourth-order valence-electron chi connectivity index (χ4n) is 3.67. The van der Waals surface area contributed by atoms with Crippen molar-refractivity contribution in [1.29, 1.82) is 0 Å². The van der Waals surface area contributed by atoms with Crippen LogP contribution in [0.4, 0.5) is 0 Å². The third kappa shape index (κ3) is 2.64. The van der Waals surface area contributed by atoms with E-state index in [1.54, 1.807) is 24.8 Å². The van der Waals surface area contributed by atoms with Gasteiger partial charge in [-0.3, -0.25) is 20.1 Å². The minimum absolute atomic E-state index is 0.728. The summed E-state index contributed by atoms with van der Waals surface area (Å²) < 4.78 is 0. The van der Waals surface area contributed by atoms with Crippen molar-refractivity contribution < 1.29 is 0 Å². The smallest absolute Gasteiger partial charge is 0.155 e. The van der Waals surface area contributed by atoms with Crippen molar-refractivity contribution in [2.24, 2.45) is 0 Å². The van der Waals surface area contributed by atoms with Crippen LogP contribution in [0.3, 0.4) is 0 Å². The average molecular weight is 389 g/mol. The summed E-state index contributed by atoms with van der Waals surface area (Å²) in [7, 11) is 0. The van der Waals surface area contributed by atoms with Crippen LogP contribution in [0.2, 0.25) is 0 Å². The lowest BCUT2D eigenvalue weighted by atomic mass is 10.1. The van der Waals surface area contributed by atoms with Gasteiger partial charge in [-0.15, -0.1) is 0 Å². The number of nitrogens with one attached hydrogen (secondary N) is 2. The number of pyridine rings is 4. The zero-order valence-corrected chi connectivity index (χ0v) is 15.7. The number of H-pyrrole nitrogens is 2. The van der Waals surface area contributed by atoms with E-state index in [9.17, 15) is 0 Å². The molecule has 0 atom stereocenters. The zero-order chi connectivity index (χ0) is 19.9. The standard InChI is InChI=1S/C23H15N7/c1-3-8-24-17(5-1)14-11-16-22(29-30-23(16)27-13-14)20-12-15-18(28-20)7-10-26-21(15)19-6-2-4-9-25-19/h1-13,28H,(H,27,29,30). The molecule has 0 aliphatic carbocycles. The number of nitrogens with zero attached hydrogens (tertiary/aromatic N) is 5. The number of aromatic nitrogens is 7. The maximum Gasteiger partial charge on any atom is 0.155 e. The molecule has 0 aromatic carbocycles. The maximum absolute atomic E-state index is 4.56. The summed E-state index contributed by atoms with van der Waals surface area (Å²) in [4.78, 5) is 21.4. The summed E-state index contributed by atoms with van der Waals surface area (Å²) in [5, 5.41) is 9.47. The van der Waals surface area contributed by atoms with Crippen LogP contribution in [0, 0.1) is 0 Å². The summed E-state index contributed by atoms with van der Waals surface area (Å²) >= 11 is 0. The van der Waals surface area contributed by atoms with Crippen molar-refractivity contribution in [1.82, 2.24) is 35.1 Å². The zero-order valence-electron chi connectivity index (χ0n) is 15.7. The van der Waals surface area contributed by atoms with E-state index in [-0.39, 0.29) is 0 Å². The second kappa shape index (κ2) is 6.59. The van der Waals surface area contributed by atoms with E-state index in [0.717, 1.165) is 56.0 Å². The molecule has 6 aromatic rings. The second-order valence-electron chi connectivity index (χ2n) is 6.93. The van der Waals surface area contributed by atoms with E-state index < -0.39 is 0 Å². The molecule has 6 aromatic heterocycles. The number of hydrogen-bond donors (Lipinski definition) is 2. The quantitative estimate of drug-likeness (QED) is 0.460. The van der Waals surface area contributed by atoms with Crippen LogP contribution in [0.1, 0.15) is 0 Å². The van der Waals surface area contributed by atoms with Crippen molar-refractivity contribution in [3.63, 3.8) is 0 Å². The molecule has 6 heterocycles. The van der Waals surface area contributed by atoms with Gasteiger partial charge in [0, 0.05) is 46.6 Å². The number of aromatic amines is 2. The highest BCUT2D eigenvalue weighted by Crippen LogP contribution is 2.33. The van der Waals surface area contributed by atoms with Gasteiger partial charge in [-0.2, -0.15) is 5.10 Å². The van der Waals surface area contributed by atoms with Crippen molar-refractivity contribution >= 4 is 21.9 Å². The average Bonchev–Trinajstić information content (AvgIpc) is 3.43. The minimum Gasteiger partial charge on any atom is -0.353 e. The summed E-state index contributed by atoms with van der Waals surface area (Å²) in [5.74, 6) is 0. The highest BCUT2D eigenvalue weighted by molar-refractivity contribution is 5.99. The van der Waals surface area contributed by atoms with Crippen LogP contribution in [-0.4, -0.2) is 35.1 Å². The minimum atomic E-state index is 0.728. The monoisotopic (exact) mass is 389 g/mol. The molecule has 7 nitrogen and oxygen atoms in total. The van der Waals surface area contributed by atoms with Crippen LogP contribution in [-0.2, 0) is 0 Å². The van der Waals surface area contributed by atoms with Crippen molar-refractivity contribution in [2.45, 2.75) is 0 Å². The van der Waals surface area contributed by atoms with E-state index >= 15 is 0 Å². The van der Waals surface area contributed by atoms with Crippen LogP contribution in [0.25, 0.3) is 56.0 Å². The Balaban J connectivity index is 1.52. The van der Waals surface area contributed by atoms with Gasteiger partial charge in [-0.05, 0) is 42.5 Å². The fourth-order valence-corrected chi connectivity index (χ4v) is 3.67. The molecule has 0 radical (unpaired) electrons. The highest BCUT2D eigenvalue weighted by atomic mass is 15.2. The van der Waals surface area contributed by atoms with Gasteiger partial charge in [0.05, 0.1) is 22.8 Å². The SMILES string of the molecule is c1ccc(-c2cnc3[nH]nc(-c4cc5c(-c6ccccn6)nccc5[nH]4)c3c2)nc1. The lowest BCUT2D eigenvalue weighted by Gasteiger charge is -2.00. The van der Waals surface area contributed by atoms with Gasteiger partial charge in [-0.1, -0.05) is 12.1 Å². The summed E-state index contributed by atoms with van der Waals surface area (Å²) in [5.41, 5.74) is 6.88. The Morgan fingerprint density at radius 3 is 2.30 bits per heavy atom. The Hall–Kier alpha value is -4.39. The molecule has 0 saturated carbocycles. The molecule has 0 aliphatic rings. The summed E-state index contributed by atoms with van der Waals surface area (Å²) in [6.07, 6.45) is 7.14. The number of hydrogen-bond acceptors (Lipinski definition) is 5. The van der Waals surface area contributed by atoms with Gasteiger partial charge < -0.3 is 4.98 Å². The van der Waals surface area contributed by atoms with Crippen molar-refractivity contribution in [3.8, 4) is 34.0 Å². The molecular formula is C23H15N7. The molecule has 0 aliphatic heterocycles. The Morgan fingerprint density at radius 1 is 0.667 bits per heavy atom. The molecular weight excluding hydrogens is 374 g/mol. The van der Waals surface area contributed by atoms with E-state index in [4.69, 9.17) is 0 Å². The molecule has 0 amide bonds. The van der Waals surface area contributed by atoms with Gasteiger partial charge in [0.1, 0.15) is 5.69 Å². The Morgan fingerprint density at radius 2 is 1.50 bits per heavy atom. The van der Waals surface area contributed by atoms with Crippen LogP contribution < -0.4 is 0 Å². The molecule has 0 saturated heterocycles. The third-order valence-corrected chi connectivity index (χ3v) is 5.09. The largest absolute Gasteiger partial charge is 0.353 e. The van der Waals surface area contributed by atoms with Crippen LogP contribution in [0.15, 0.2) is 79.4 Å². The Bertz CT molecular complexity index is 1480. The Labute approximate surface area is 170 Å². The molecule has 7 heteroatoms. The second-order valence-corrected chi connectivity index (χ2v) is 6.93. The van der Waals surface area contributed by atoms with Gasteiger partial charge in [0.2, 0.25) is 0 Å². The number of rotatable bonds is 3. The topological polar surface area (TPSA) is 96.0 Å². The highest BCUT2D eigenvalue weighted by Gasteiger charge is 2.15. The first-order chi connectivity index (χ1) is 14.9. The lowest BCUT2D eigenvalue weighted by molar-refractivity contribution is 1.10. The first-order valence-electron chi connectivity index (χ1n) is 9.52. The number of fused-ring (bicyclic) bond motifs is 2. The molecule has 30 heavy (non-hydrogen) atoms. The fraction of sp³-hybridized carbons (Fsp3) is 0. The van der Waals surface area contributed by atoms with E-state index in [2.05, 4.69) is 47.2 Å². The normalized spacial score (nSPS) is 11.3. The molecule has 2 N–H and O–H groups in total. The third-order valence-electron chi connectivity index (χ3n) is 5.09. The summed E-state index contributed by atoms with van der Waals surface area (Å²) in [6.45, 7) is 0. The maximum atomic E-state index is 4.56. The van der Waals surface area contributed by atoms with E-state index in [1.165, 1.54) is 0 Å². The molecule has 6 rings (SSSR count). The first-order valence-corrected chi connectivity index (χ1v) is 9.52. The molecule has 0 fully saturated rings. The predicted octanol–water partition coefficient (Wildman–Crippen LogP) is 4.63. The van der Waals surface area contributed by atoms with Crippen molar-refractivity contribution in [2.75, 3.05) is 0 Å².